The Balaban J connectivity index is 1.72. The highest BCUT2D eigenvalue weighted by molar-refractivity contribution is 7.81. The zero-order chi connectivity index (χ0) is 20.3. The molecular formula is C19H26N3O5S+. The van der Waals surface area contributed by atoms with Crippen LogP contribution in [-0.2, 0) is 16.1 Å². The first kappa shape index (κ1) is 20.8. The predicted octanol–water partition coefficient (Wildman–Crippen LogP) is 2.96. The summed E-state index contributed by atoms with van der Waals surface area (Å²) in [6.07, 6.45) is 2.70. The maximum atomic E-state index is 13.0. The van der Waals surface area contributed by atoms with Crippen LogP contribution in [0, 0.1) is 16.0 Å². The fourth-order valence-corrected chi connectivity index (χ4v) is 4.70. The molecule has 2 aliphatic rings. The van der Waals surface area contributed by atoms with E-state index < -0.39 is 15.5 Å². The molecule has 2 saturated heterocycles. The van der Waals surface area contributed by atoms with E-state index in [1.807, 2.05) is 0 Å². The predicted molar refractivity (Wildman–Crippen MR) is 106 cm³/mol. The van der Waals surface area contributed by atoms with E-state index in [0.717, 1.165) is 25.9 Å². The Labute approximate surface area is 169 Å². The second kappa shape index (κ2) is 8.59. The van der Waals surface area contributed by atoms with E-state index in [0.29, 0.717) is 30.9 Å². The lowest BCUT2D eigenvalue weighted by molar-refractivity contribution is -0.800. The fraction of sp³-hybridized carbons (Fsp3) is 0.579. The molecule has 2 heterocycles. The van der Waals surface area contributed by atoms with Crippen LogP contribution in [0.3, 0.4) is 0 Å². The van der Waals surface area contributed by atoms with Gasteiger partial charge in [0.05, 0.1) is 10.2 Å². The van der Waals surface area contributed by atoms with Gasteiger partial charge in [-0.15, -0.1) is 4.48 Å². The molecule has 0 bridgehead atoms. The third-order valence-corrected chi connectivity index (χ3v) is 6.05. The second-order valence-corrected chi connectivity index (χ2v) is 8.54. The van der Waals surface area contributed by atoms with Gasteiger partial charge in [0, 0.05) is 31.6 Å². The van der Waals surface area contributed by atoms with Gasteiger partial charge in [0.1, 0.15) is 13.2 Å². The minimum absolute atomic E-state index is 0.0248. The number of benzene rings is 1. The van der Waals surface area contributed by atoms with Crippen molar-refractivity contribution in [1.29, 1.82) is 0 Å². The number of quaternary nitrogens is 1. The van der Waals surface area contributed by atoms with Gasteiger partial charge in [-0.2, -0.15) is 17.4 Å². The number of nitro groups is 1. The highest BCUT2D eigenvalue weighted by Gasteiger charge is 2.56. The van der Waals surface area contributed by atoms with Crippen molar-refractivity contribution < 1.29 is 23.7 Å². The van der Waals surface area contributed by atoms with E-state index in [2.05, 4.69) is 24.5 Å². The number of likely N-dealkylation sites (tertiary alicyclic amines) is 2. The molecule has 0 N–H and O–H groups in total. The first-order valence-electron chi connectivity index (χ1n) is 9.52. The number of thiol groups is 1. The molecule has 4 atom stereocenters. The average molecular weight is 409 g/mol. The summed E-state index contributed by atoms with van der Waals surface area (Å²) >= 11 is 4.55. The van der Waals surface area contributed by atoms with Crippen molar-refractivity contribution >= 4 is 30.8 Å². The Morgan fingerprint density at radius 1 is 1.43 bits per heavy atom. The molecule has 152 valence electrons. The Kier molecular flexibility index (Phi) is 6.36. The van der Waals surface area contributed by atoms with Crippen LogP contribution in [0.4, 0.5) is 10.5 Å². The molecule has 2 fully saturated rings. The third-order valence-electron chi connectivity index (χ3n) is 5.68. The van der Waals surface area contributed by atoms with Crippen molar-refractivity contribution in [2.45, 2.75) is 44.2 Å². The van der Waals surface area contributed by atoms with Crippen molar-refractivity contribution in [2.75, 3.05) is 19.6 Å². The summed E-state index contributed by atoms with van der Waals surface area (Å²) in [5, 5.41) is 10.7. The van der Waals surface area contributed by atoms with Gasteiger partial charge in [0.2, 0.25) is 0 Å². The lowest BCUT2D eigenvalue weighted by Gasteiger charge is -2.40. The number of amides is 2. The molecule has 0 spiro atoms. The fourth-order valence-electron chi connectivity index (χ4n) is 4.24. The van der Waals surface area contributed by atoms with E-state index >= 15 is 0 Å². The van der Waals surface area contributed by atoms with Crippen LogP contribution < -0.4 is 0 Å². The number of carbonyl (C=O) groups excluding carboxylic acids is 2. The summed E-state index contributed by atoms with van der Waals surface area (Å²) < 4.78 is 5.08. The molecule has 0 aliphatic carbocycles. The summed E-state index contributed by atoms with van der Waals surface area (Å²) in [6, 6.07) is 5.83. The number of rotatable bonds is 5. The van der Waals surface area contributed by atoms with Crippen molar-refractivity contribution in [3.05, 3.63) is 39.9 Å². The van der Waals surface area contributed by atoms with Gasteiger partial charge >= 0.3 is 12.5 Å². The Bertz CT molecular complexity index is 744. The van der Waals surface area contributed by atoms with Crippen LogP contribution in [0.5, 0.6) is 0 Å². The second-order valence-electron chi connectivity index (χ2n) is 7.81. The molecule has 3 rings (SSSR count). The summed E-state index contributed by atoms with van der Waals surface area (Å²) in [5.74, 6) is 0.525. The average Bonchev–Trinajstić information content (AvgIpc) is 3.04. The molecule has 0 radical (unpaired) electrons. The van der Waals surface area contributed by atoms with Crippen LogP contribution >= 0.6 is 12.6 Å². The van der Waals surface area contributed by atoms with Crippen LogP contribution in [0.15, 0.2) is 24.3 Å². The van der Waals surface area contributed by atoms with E-state index in [9.17, 15) is 19.7 Å². The molecule has 8 nitrogen and oxygen atoms in total. The topological polar surface area (TPSA) is 89.8 Å². The van der Waals surface area contributed by atoms with Gasteiger partial charge in [-0.25, -0.2) is 4.79 Å². The van der Waals surface area contributed by atoms with Gasteiger partial charge in [0.15, 0.2) is 6.17 Å². The van der Waals surface area contributed by atoms with Crippen LogP contribution in [0.25, 0.3) is 0 Å². The van der Waals surface area contributed by atoms with Gasteiger partial charge in [0.25, 0.3) is 5.69 Å². The molecule has 2 unspecified atom stereocenters. The zero-order valence-electron chi connectivity index (χ0n) is 15.9. The van der Waals surface area contributed by atoms with Gasteiger partial charge in [-0.1, -0.05) is 6.92 Å². The largest absolute Gasteiger partial charge is 0.525 e. The summed E-state index contributed by atoms with van der Waals surface area (Å²) in [6.45, 7) is 4.17. The van der Waals surface area contributed by atoms with E-state index in [-0.39, 0.29) is 23.7 Å². The molecule has 28 heavy (non-hydrogen) atoms. The quantitative estimate of drug-likeness (QED) is 0.265. The minimum atomic E-state index is -0.590. The molecule has 2 aliphatic heterocycles. The maximum Gasteiger partial charge on any atom is 0.525 e. The van der Waals surface area contributed by atoms with E-state index in [1.165, 1.54) is 12.1 Å². The summed E-state index contributed by atoms with van der Waals surface area (Å²) in [4.78, 5) is 37.6. The summed E-state index contributed by atoms with van der Waals surface area (Å²) in [5.41, 5.74) is 0.607. The Morgan fingerprint density at radius 3 is 2.75 bits per heavy atom. The van der Waals surface area contributed by atoms with E-state index in [1.54, 1.807) is 12.1 Å². The van der Waals surface area contributed by atoms with Crippen LogP contribution in [-0.4, -0.2) is 57.9 Å². The molecule has 2 amide bonds. The number of nitrogens with zero attached hydrogens (tertiary/aromatic N) is 3. The van der Waals surface area contributed by atoms with Crippen molar-refractivity contribution in [1.82, 2.24) is 4.90 Å². The lowest BCUT2D eigenvalue weighted by atomic mass is 9.99. The molecule has 0 aromatic heterocycles. The Hall–Kier alpha value is -1.97. The molecule has 1 aromatic carbocycles. The SMILES string of the molecule is CC1CCCN([C@@H]2C[C@H](S)C[N+]2(C=O)C(=O)OCc2ccc([N+](=O)[O-])cc2)C1. The van der Waals surface area contributed by atoms with Gasteiger partial charge < -0.3 is 4.74 Å². The first-order valence-corrected chi connectivity index (χ1v) is 10.0. The molecule has 0 saturated carbocycles. The molecule has 1 aromatic rings. The van der Waals surface area contributed by atoms with E-state index in [4.69, 9.17) is 4.74 Å². The summed E-state index contributed by atoms with van der Waals surface area (Å²) in [7, 11) is 0. The standard InChI is InChI=1S/C19H25N3O5S/c1-14-3-2-8-20(10-14)18-9-17(28)11-22(18,13-23)19(24)27-12-15-4-6-16(7-5-15)21(25)26/h4-7,13-14,17-18H,2-3,8-12H2,1H3/p+1/t14?,17-,18-,22?/m0/s1. The number of carbonyl (C=O) groups is 2. The highest BCUT2D eigenvalue weighted by atomic mass is 32.1. The smallest absolute Gasteiger partial charge is 0.415 e. The third kappa shape index (κ3) is 4.21. The number of imide groups is 1. The number of hydrogen-bond donors (Lipinski definition) is 1. The highest BCUT2D eigenvalue weighted by Crippen LogP contribution is 2.34. The van der Waals surface area contributed by atoms with Crippen LogP contribution in [0.2, 0.25) is 0 Å². The number of non-ortho nitro benzene ring substituents is 1. The number of piperidine rings is 1. The zero-order valence-corrected chi connectivity index (χ0v) is 16.8. The van der Waals surface area contributed by atoms with Gasteiger partial charge in [-0.05, 0) is 36.5 Å². The van der Waals surface area contributed by atoms with Crippen molar-refractivity contribution in [2.24, 2.45) is 5.92 Å². The van der Waals surface area contributed by atoms with Gasteiger partial charge in [-0.3, -0.25) is 15.0 Å². The molecule has 9 heteroatoms. The minimum Gasteiger partial charge on any atom is -0.415 e. The Morgan fingerprint density at radius 2 is 2.14 bits per heavy atom. The lowest BCUT2D eigenvalue weighted by Crippen LogP contribution is -2.62. The van der Waals surface area contributed by atoms with Crippen molar-refractivity contribution in [3.8, 4) is 0 Å². The normalized spacial score (nSPS) is 30.7. The number of ether oxygens (including phenoxy) is 1. The monoisotopic (exact) mass is 408 g/mol. The molecular weight excluding hydrogens is 382 g/mol. The van der Waals surface area contributed by atoms with Crippen LogP contribution in [0.1, 0.15) is 31.7 Å². The number of hydrogen-bond acceptors (Lipinski definition) is 7. The maximum absolute atomic E-state index is 13.0. The first-order chi connectivity index (χ1) is 13.4. The van der Waals surface area contributed by atoms with Crippen molar-refractivity contribution in [3.63, 3.8) is 0 Å². The number of nitro benzene ring substituents is 1.